The Morgan fingerprint density at radius 3 is 2.56 bits per heavy atom. The molecule has 0 atom stereocenters. The minimum absolute atomic E-state index is 0.119. The lowest BCUT2D eigenvalue weighted by atomic mass is 10.00. The van der Waals surface area contributed by atoms with Gasteiger partial charge in [-0.15, -0.1) is 0 Å². The van der Waals surface area contributed by atoms with Gasteiger partial charge in [-0.1, -0.05) is 49.8 Å². The average Bonchev–Trinajstić information content (AvgIpc) is 3.50. The number of allylic oxidation sites excluding steroid dienone is 1. The number of benzene rings is 1. The minimum atomic E-state index is -0.180. The zero-order chi connectivity index (χ0) is 19.2. The lowest BCUT2D eigenvalue weighted by Gasteiger charge is -2.30. The Bertz CT molecular complexity index is 789. The molecule has 0 radical (unpaired) electrons. The molecule has 1 saturated carbocycles. The molecule has 1 aromatic carbocycles. The molecule has 1 heterocycles. The van der Waals surface area contributed by atoms with Crippen LogP contribution in [0.3, 0.4) is 0 Å². The lowest BCUT2D eigenvalue weighted by molar-refractivity contribution is -0.117. The summed E-state index contributed by atoms with van der Waals surface area (Å²) >= 11 is 0. The first kappa shape index (κ1) is 19.0. The summed E-state index contributed by atoms with van der Waals surface area (Å²) in [5.41, 5.74) is 3.02. The molecule has 2 N–H and O–H groups in total. The molecule has 0 aromatic heterocycles. The largest absolute Gasteiger partial charge is 0.355 e. The van der Waals surface area contributed by atoms with Gasteiger partial charge in [0.1, 0.15) is 0 Å². The first-order valence-corrected chi connectivity index (χ1v) is 9.60. The van der Waals surface area contributed by atoms with Crippen LogP contribution in [-0.2, 0) is 16.1 Å². The fourth-order valence-electron chi connectivity index (χ4n) is 3.02. The molecule has 142 valence electrons. The van der Waals surface area contributed by atoms with Crippen molar-refractivity contribution in [2.24, 2.45) is 0 Å². The van der Waals surface area contributed by atoms with Crippen LogP contribution in [0.4, 0.5) is 0 Å². The van der Waals surface area contributed by atoms with E-state index in [1.807, 2.05) is 41.4 Å². The topological polar surface area (TPSA) is 61.4 Å². The van der Waals surface area contributed by atoms with Gasteiger partial charge in [-0.25, -0.2) is 0 Å². The van der Waals surface area contributed by atoms with Gasteiger partial charge in [0.25, 0.3) is 11.8 Å². The second kappa shape index (κ2) is 8.71. The summed E-state index contributed by atoms with van der Waals surface area (Å²) in [7, 11) is 1.62. The molecule has 5 heteroatoms. The summed E-state index contributed by atoms with van der Waals surface area (Å²) in [6, 6.07) is 10.3. The van der Waals surface area contributed by atoms with Crippen LogP contribution < -0.4 is 10.6 Å². The molecule has 0 bridgehead atoms. The third kappa shape index (κ3) is 4.88. The zero-order valence-corrected chi connectivity index (χ0v) is 16.0. The fourth-order valence-corrected chi connectivity index (χ4v) is 3.02. The van der Waals surface area contributed by atoms with Gasteiger partial charge in [-0.2, -0.15) is 0 Å². The molecule has 1 aliphatic carbocycles. The average molecular weight is 365 g/mol. The molecule has 3 rings (SSSR count). The van der Waals surface area contributed by atoms with E-state index in [0.717, 1.165) is 36.9 Å². The second-order valence-corrected chi connectivity index (χ2v) is 6.96. The molecule has 27 heavy (non-hydrogen) atoms. The number of hydrogen-bond acceptors (Lipinski definition) is 3. The van der Waals surface area contributed by atoms with Crippen molar-refractivity contribution in [2.45, 2.75) is 45.2 Å². The maximum absolute atomic E-state index is 12.6. The van der Waals surface area contributed by atoms with Gasteiger partial charge in [0.15, 0.2) is 0 Å². The predicted molar refractivity (Wildman–Crippen MR) is 106 cm³/mol. The van der Waals surface area contributed by atoms with Crippen LogP contribution >= 0.6 is 0 Å². The van der Waals surface area contributed by atoms with E-state index in [4.69, 9.17) is 0 Å². The highest BCUT2D eigenvalue weighted by Crippen LogP contribution is 2.28. The monoisotopic (exact) mass is 365 g/mol. The molecule has 1 aliphatic heterocycles. The number of unbranched alkanes of at least 4 members (excludes halogenated alkanes) is 1. The molecule has 0 spiro atoms. The van der Waals surface area contributed by atoms with Crippen molar-refractivity contribution in [3.8, 4) is 0 Å². The number of nitrogens with one attached hydrogen (secondary N) is 2. The van der Waals surface area contributed by atoms with Crippen LogP contribution in [0.15, 0.2) is 65.5 Å². The summed E-state index contributed by atoms with van der Waals surface area (Å²) in [6.07, 6.45) is 9.56. The number of hydrogen-bond donors (Lipinski definition) is 2. The number of carbonyl (C=O) groups excluding carboxylic acids is 2. The molecule has 2 amide bonds. The number of nitrogens with zero attached hydrogens (tertiary/aromatic N) is 1. The van der Waals surface area contributed by atoms with Gasteiger partial charge in [-0.3, -0.25) is 9.59 Å². The van der Waals surface area contributed by atoms with Gasteiger partial charge in [0, 0.05) is 31.5 Å². The number of amides is 2. The summed E-state index contributed by atoms with van der Waals surface area (Å²) < 4.78 is 0. The lowest BCUT2D eigenvalue weighted by Crippen LogP contribution is -2.33. The summed E-state index contributed by atoms with van der Waals surface area (Å²) in [5, 5.41) is 5.72. The Labute approximate surface area is 160 Å². The van der Waals surface area contributed by atoms with Crippen molar-refractivity contribution in [1.82, 2.24) is 15.5 Å². The zero-order valence-electron chi connectivity index (χ0n) is 16.0. The van der Waals surface area contributed by atoms with E-state index in [1.165, 1.54) is 0 Å². The summed E-state index contributed by atoms with van der Waals surface area (Å²) in [4.78, 5) is 27.2. The van der Waals surface area contributed by atoms with Crippen LogP contribution in [0.25, 0.3) is 0 Å². The molecular formula is C22H27N3O2. The van der Waals surface area contributed by atoms with Crippen LogP contribution in [-0.4, -0.2) is 29.8 Å². The minimum Gasteiger partial charge on any atom is -0.355 e. The highest BCUT2D eigenvalue weighted by atomic mass is 16.2. The molecule has 2 aliphatic rings. The van der Waals surface area contributed by atoms with Crippen molar-refractivity contribution < 1.29 is 9.59 Å². The smallest absolute Gasteiger partial charge is 0.253 e. The maximum atomic E-state index is 12.6. The Kier molecular flexibility index (Phi) is 6.12. The molecule has 1 fully saturated rings. The number of carbonyl (C=O) groups is 2. The van der Waals surface area contributed by atoms with Gasteiger partial charge in [-0.05, 0) is 30.9 Å². The molecule has 0 unspecified atom stereocenters. The standard InChI is InChI=1S/C22H27N3O2/c1-3-4-10-20-19(22(27)23-2)13-17(21(26)24-18-11-12-18)15-25(20)14-16-8-6-5-7-9-16/h5-10,13,15,18H,3-4,11-12,14H2,1-2H3,(H,23,27)(H,24,26)/b20-10+. The first-order valence-electron chi connectivity index (χ1n) is 9.60. The highest BCUT2D eigenvalue weighted by molar-refractivity contribution is 6.04. The normalized spacial score (nSPS) is 18.0. The Balaban J connectivity index is 1.96. The quantitative estimate of drug-likeness (QED) is 0.781. The summed E-state index contributed by atoms with van der Waals surface area (Å²) in [6.45, 7) is 2.71. The third-order valence-corrected chi connectivity index (χ3v) is 4.65. The maximum Gasteiger partial charge on any atom is 0.253 e. The van der Waals surface area contributed by atoms with E-state index in [2.05, 4.69) is 23.6 Å². The van der Waals surface area contributed by atoms with Gasteiger partial charge >= 0.3 is 0 Å². The van der Waals surface area contributed by atoms with Crippen molar-refractivity contribution in [1.29, 1.82) is 0 Å². The van der Waals surface area contributed by atoms with E-state index in [1.54, 1.807) is 13.1 Å². The van der Waals surface area contributed by atoms with Gasteiger partial charge in [0.2, 0.25) is 0 Å². The predicted octanol–water partition coefficient (Wildman–Crippen LogP) is 3.02. The van der Waals surface area contributed by atoms with E-state index < -0.39 is 0 Å². The van der Waals surface area contributed by atoms with E-state index in [0.29, 0.717) is 17.7 Å². The molecule has 1 aromatic rings. The summed E-state index contributed by atoms with van der Waals surface area (Å²) in [5.74, 6) is -0.299. The molecule has 5 nitrogen and oxygen atoms in total. The third-order valence-electron chi connectivity index (χ3n) is 4.65. The van der Waals surface area contributed by atoms with Crippen molar-refractivity contribution in [3.63, 3.8) is 0 Å². The highest BCUT2D eigenvalue weighted by Gasteiger charge is 2.28. The Morgan fingerprint density at radius 2 is 1.93 bits per heavy atom. The van der Waals surface area contributed by atoms with E-state index in [-0.39, 0.29) is 17.9 Å². The van der Waals surface area contributed by atoms with Gasteiger partial charge in [0.05, 0.1) is 11.1 Å². The van der Waals surface area contributed by atoms with E-state index >= 15 is 0 Å². The first-order chi connectivity index (χ1) is 13.1. The van der Waals surface area contributed by atoms with Crippen molar-refractivity contribution in [3.05, 3.63) is 71.1 Å². The van der Waals surface area contributed by atoms with Crippen molar-refractivity contribution in [2.75, 3.05) is 7.05 Å². The second-order valence-electron chi connectivity index (χ2n) is 6.96. The fraction of sp³-hybridized carbons (Fsp3) is 0.364. The van der Waals surface area contributed by atoms with Crippen molar-refractivity contribution >= 4 is 11.8 Å². The molecular weight excluding hydrogens is 338 g/mol. The SMILES string of the molecule is CCC/C=C1\C(C(=O)NC)=CC(C(=O)NC2CC2)=CN1Cc1ccccc1. The van der Waals surface area contributed by atoms with Crippen LogP contribution in [0, 0.1) is 0 Å². The number of likely N-dealkylation sites (N-methyl/N-ethyl adjacent to an activating group) is 1. The number of rotatable bonds is 7. The van der Waals surface area contributed by atoms with Gasteiger partial charge < -0.3 is 15.5 Å². The Hall–Kier alpha value is -2.82. The van der Waals surface area contributed by atoms with Crippen LogP contribution in [0.1, 0.15) is 38.2 Å². The molecule has 0 saturated heterocycles. The Morgan fingerprint density at radius 1 is 1.19 bits per heavy atom. The van der Waals surface area contributed by atoms with Crippen LogP contribution in [0.2, 0.25) is 0 Å². The van der Waals surface area contributed by atoms with Crippen LogP contribution in [0.5, 0.6) is 0 Å². The van der Waals surface area contributed by atoms with E-state index in [9.17, 15) is 9.59 Å².